The number of hydrogen-bond acceptors (Lipinski definition) is 9. The van der Waals surface area contributed by atoms with Crippen LogP contribution in [0.25, 0.3) is 0 Å². The van der Waals surface area contributed by atoms with Gasteiger partial charge in [-0.2, -0.15) is 4.98 Å². The molecule has 286 valence electrons. The molecule has 0 aliphatic carbocycles. The van der Waals surface area contributed by atoms with Crippen LogP contribution in [0, 0.1) is 0 Å². The number of methoxy groups -OCH3 is 2. The summed E-state index contributed by atoms with van der Waals surface area (Å²) in [6.45, 7) is 2.54. The summed E-state index contributed by atoms with van der Waals surface area (Å²) in [5, 5.41) is 26.9. The first kappa shape index (κ1) is 38.2. The number of nitrogens with one attached hydrogen (secondary N) is 1. The quantitative estimate of drug-likeness (QED) is 0.104. The maximum Gasteiger partial charge on any atom is 0.351 e. The molecule has 13 heteroatoms. The molecule has 5 aromatic rings. The predicted molar refractivity (Wildman–Crippen MR) is 209 cm³/mol. The molecule has 1 aromatic heterocycles. The lowest BCUT2D eigenvalue weighted by Gasteiger charge is -2.47. The average Bonchev–Trinajstić information content (AvgIpc) is 3.90. The Morgan fingerprint density at radius 1 is 0.873 bits per heavy atom. The molecule has 0 saturated carbocycles. The third-order valence-electron chi connectivity index (χ3n) is 11.0. The minimum absolute atomic E-state index is 0.0280. The molecule has 3 N–H and O–H groups in total. The van der Waals surface area contributed by atoms with Crippen LogP contribution in [-0.4, -0.2) is 81.9 Å². The van der Waals surface area contributed by atoms with Crippen molar-refractivity contribution in [2.24, 2.45) is 0 Å². The van der Waals surface area contributed by atoms with Crippen molar-refractivity contribution in [3.63, 3.8) is 0 Å². The van der Waals surface area contributed by atoms with Crippen LogP contribution in [0.1, 0.15) is 52.5 Å². The van der Waals surface area contributed by atoms with Gasteiger partial charge in [-0.3, -0.25) is 14.0 Å². The molecule has 4 aromatic carbocycles. The zero-order valence-electron chi connectivity index (χ0n) is 30.9. The number of aliphatic hydroxyl groups excluding tert-OH is 1. The number of benzene rings is 4. The number of nitrogens with zero attached hydrogens (tertiary/aromatic N) is 3. The second-order valence-electron chi connectivity index (χ2n) is 14.0. The Hall–Kier alpha value is -5.10. The van der Waals surface area contributed by atoms with Gasteiger partial charge in [0.2, 0.25) is 0 Å². The number of carbonyl (C=O) groups is 1. The zero-order valence-corrected chi connectivity index (χ0v) is 31.8. The van der Waals surface area contributed by atoms with Gasteiger partial charge in [-0.1, -0.05) is 72.8 Å². The number of ether oxygens (including phenoxy) is 3. The van der Waals surface area contributed by atoms with Crippen LogP contribution < -0.4 is 20.5 Å². The number of anilines is 1. The van der Waals surface area contributed by atoms with Gasteiger partial charge in [0.25, 0.3) is 5.91 Å². The summed E-state index contributed by atoms with van der Waals surface area (Å²) in [6.07, 6.45) is -1.53. The number of aromatic nitrogens is 2. The maximum absolute atomic E-state index is 15.2. The van der Waals surface area contributed by atoms with Crippen LogP contribution in [0.15, 0.2) is 126 Å². The minimum Gasteiger partial charge on any atom is -0.497 e. The van der Waals surface area contributed by atoms with E-state index >= 15 is 4.57 Å². The Kier molecular flexibility index (Phi) is 10.8. The molecule has 2 fully saturated rings. The Morgan fingerprint density at radius 3 is 1.93 bits per heavy atom. The summed E-state index contributed by atoms with van der Waals surface area (Å²) < 4.78 is 35.9. The molecule has 5 atom stereocenters. The van der Waals surface area contributed by atoms with E-state index in [-0.39, 0.29) is 12.2 Å². The van der Waals surface area contributed by atoms with E-state index in [1.54, 1.807) is 73.5 Å². The van der Waals surface area contributed by atoms with E-state index in [1.807, 2.05) is 54.6 Å². The molecule has 0 radical (unpaired) electrons. The van der Waals surface area contributed by atoms with Gasteiger partial charge in [0.05, 0.1) is 19.6 Å². The summed E-state index contributed by atoms with van der Waals surface area (Å²) >= 11 is 0. The molecule has 2 aliphatic heterocycles. The third kappa shape index (κ3) is 6.89. The van der Waals surface area contributed by atoms with Gasteiger partial charge in [-0.05, 0) is 72.0 Å². The molecule has 2 unspecified atom stereocenters. The van der Waals surface area contributed by atoms with Gasteiger partial charge in [0, 0.05) is 37.9 Å². The van der Waals surface area contributed by atoms with E-state index in [9.17, 15) is 19.8 Å². The van der Waals surface area contributed by atoms with Crippen molar-refractivity contribution in [2.45, 2.75) is 48.5 Å². The van der Waals surface area contributed by atoms with Crippen LogP contribution in [0.4, 0.5) is 5.82 Å². The molecule has 12 nitrogen and oxygen atoms in total. The number of rotatable bonds is 12. The molecular formula is C42H45N4O8P. The standard InChI is InChI=1S/C42H45N4O8P/c1-52-33-20-16-31(17-21-33)42(30-14-8-5-9-15-30,32-18-22-34(53-2)23-19-32)37(47)38-41(50,55(3,51)45-25-10-11-26-45)28-36(54-38)46-27-24-35(44-40(46)49)43-39(48)29-12-6-4-7-13-29/h4-9,12-24,27,36-38,47,50H,10-11,25-26,28H2,1-3H3,(H,43,44,48,49)/t36-,37?,38-,41-,55?/m1/s1. The number of aliphatic hydroxyl groups is 2. The number of amides is 1. The Morgan fingerprint density at radius 2 is 1.40 bits per heavy atom. The summed E-state index contributed by atoms with van der Waals surface area (Å²) in [5.74, 6) is 0.795. The fraction of sp³-hybridized carbons (Fsp3) is 0.310. The minimum atomic E-state index is -3.74. The van der Waals surface area contributed by atoms with Gasteiger partial charge in [-0.25, -0.2) is 4.79 Å². The van der Waals surface area contributed by atoms with Crippen molar-refractivity contribution in [2.75, 3.05) is 39.3 Å². The summed E-state index contributed by atoms with van der Waals surface area (Å²) in [5.41, 5.74) is 0.183. The second-order valence-corrected chi connectivity index (χ2v) is 17.1. The monoisotopic (exact) mass is 764 g/mol. The van der Waals surface area contributed by atoms with Crippen LogP contribution >= 0.6 is 7.29 Å². The highest BCUT2D eigenvalue weighted by molar-refractivity contribution is 7.62. The predicted octanol–water partition coefficient (Wildman–Crippen LogP) is 5.89. The van der Waals surface area contributed by atoms with E-state index in [0.29, 0.717) is 46.8 Å². The maximum atomic E-state index is 15.2. The molecule has 1 amide bonds. The fourth-order valence-electron chi connectivity index (χ4n) is 8.05. The first-order valence-corrected chi connectivity index (χ1v) is 20.3. The van der Waals surface area contributed by atoms with Crippen LogP contribution in [0.5, 0.6) is 11.5 Å². The van der Waals surface area contributed by atoms with Crippen LogP contribution in [0.2, 0.25) is 0 Å². The lowest BCUT2D eigenvalue weighted by molar-refractivity contribution is -0.108. The molecule has 7 rings (SSSR count). The van der Waals surface area contributed by atoms with E-state index in [4.69, 9.17) is 14.2 Å². The summed E-state index contributed by atoms with van der Waals surface area (Å²) in [7, 11) is -0.601. The van der Waals surface area contributed by atoms with Crippen molar-refractivity contribution >= 4 is 19.0 Å². The second kappa shape index (κ2) is 15.6. The zero-order chi connectivity index (χ0) is 38.8. The first-order chi connectivity index (χ1) is 26.5. The molecular weight excluding hydrogens is 719 g/mol. The molecule has 2 aliphatic rings. The lowest BCUT2D eigenvalue weighted by Crippen LogP contribution is -2.56. The Balaban J connectivity index is 1.37. The SMILES string of the molecule is COc1ccc(C(c2ccccc2)(c2ccc(OC)cc2)C(O)[C@H]2O[C@@H](n3ccc(NC(=O)c4ccccc4)nc3=O)C[C@@]2(O)P(C)(=O)N2CCCC2)cc1. The molecule has 0 bridgehead atoms. The van der Waals surface area contributed by atoms with Crippen LogP contribution in [-0.2, 0) is 14.7 Å². The van der Waals surface area contributed by atoms with Gasteiger partial charge >= 0.3 is 5.69 Å². The van der Waals surface area contributed by atoms with Crippen molar-refractivity contribution in [1.82, 2.24) is 14.2 Å². The van der Waals surface area contributed by atoms with Crippen molar-refractivity contribution in [3.05, 3.63) is 154 Å². The van der Waals surface area contributed by atoms with Crippen molar-refractivity contribution < 1.29 is 33.8 Å². The first-order valence-electron chi connectivity index (χ1n) is 18.2. The van der Waals surface area contributed by atoms with E-state index in [0.717, 1.165) is 12.8 Å². The van der Waals surface area contributed by atoms with E-state index < -0.39 is 48.1 Å². The van der Waals surface area contributed by atoms with Gasteiger partial charge in [-0.15, -0.1) is 0 Å². The topological polar surface area (TPSA) is 152 Å². The average molecular weight is 765 g/mol. The van der Waals surface area contributed by atoms with Gasteiger partial charge in [0.1, 0.15) is 35.8 Å². The highest BCUT2D eigenvalue weighted by atomic mass is 31.2. The Labute approximate surface area is 319 Å². The molecule has 2 saturated heterocycles. The largest absolute Gasteiger partial charge is 0.497 e. The Bertz CT molecular complexity index is 2170. The van der Waals surface area contributed by atoms with Crippen molar-refractivity contribution in [3.8, 4) is 11.5 Å². The molecule has 55 heavy (non-hydrogen) atoms. The van der Waals surface area contributed by atoms with Gasteiger partial charge < -0.3 is 34.3 Å². The van der Waals surface area contributed by atoms with E-state index in [1.165, 1.54) is 23.5 Å². The third-order valence-corrected chi connectivity index (χ3v) is 14.4. The summed E-state index contributed by atoms with van der Waals surface area (Å²) in [6, 6.07) is 34.0. The van der Waals surface area contributed by atoms with E-state index in [2.05, 4.69) is 10.3 Å². The highest BCUT2D eigenvalue weighted by Crippen LogP contribution is 2.66. The molecule has 3 heterocycles. The normalized spacial score (nSPS) is 21.8. The summed E-state index contributed by atoms with van der Waals surface area (Å²) in [4.78, 5) is 30.6. The lowest BCUT2D eigenvalue weighted by atomic mass is 9.64. The number of hydrogen-bond donors (Lipinski definition) is 3. The van der Waals surface area contributed by atoms with Crippen molar-refractivity contribution in [1.29, 1.82) is 0 Å². The smallest absolute Gasteiger partial charge is 0.351 e. The van der Waals surface area contributed by atoms with Crippen LogP contribution in [0.3, 0.4) is 0 Å². The number of carbonyl (C=O) groups excluding carboxylic acids is 1. The van der Waals surface area contributed by atoms with Gasteiger partial charge in [0.15, 0.2) is 12.6 Å². The molecule has 0 spiro atoms. The highest BCUT2D eigenvalue weighted by Gasteiger charge is 2.65. The fourth-order valence-corrected chi connectivity index (χ4v) is 10.8.